The highest BCUT2D eigenvalue weighted by atomic mass is 16.5. The Labute approximate surface area is 285 Å². The van der Waals surface area contributed by atoms with Gasteiger partial charge in [-0.05, 0) is 83.9 Å². The van der Waals surface area contributed by atoms with Crippen LogP contribution in [0.25, 0.3) is 0 Å². The second-order valence-corrected chi connectivity index (χ2v) is 12.5. The molecule has 10 nitrogen and oxygen atoms in total. The van der Waals surface area contributed by atoms with E-state index in [2.05, 4.69) is 48.7 Å². The molecule has 0 atom stereocenters. The van der Waals surface area contributed by atoms with Gasteiger partial charge in [0.05, 0.1) is 28.2 Å². The number of hydrogen-bond donors (Lipinski definition) is 2. The molecule has 10 heteroatoms. The first-order valence-corrected chi connectivity index (χ1v) is 15.9. The van der Waals surface area contributed by atoms with Crippen LogP contribution in [0.4, 0.5) is 11.4 Å². The highest BCUT2D eigenvalue weighted by Gasteiger charge is 2.24. The predicted molar refractivity (Wildman–Crippen MR) is 187 cm³/mol. The molecule has 0 saturated carbocycles. The molecule has 0 aliphatic carbocycles. The number of imidazole rings is 2. The molecule has 0 aliphatic heterocycles. The molecule has 0 fully saturated rings. The summed E-state index contributed by atoms with van der Waals surface area (Å²) in [6.07, 6.45) is 7.35. The number of aromatic nitrogens is 4. The lowest BCUT2D eigenvalue weighted by Crippen LogP contribution is -2.37. The molecule has 49 heavy (non-hydrogen) atoms. The fraction of sp³-hybridized carbons (Fsp3) is 0.179. The summed E-state index contributed by atoms with van der Waals surface area (Å²) in [7, 11) is 7.35. The van der Waals surface area contributed by atoms with E-state index in [1.807, 2.05) is 126 Å². The molecule has 0 saturated heterocycles. The number of benzene rings is 4. The van der Waals surface area contributed by atoms with E-state index >= 15 is 0 Å². The zero-order valence-corrected chi connectivity index (χ0v) is 28.5. The van der Waals surface area contributed by atoms with Gasteiger partial charge in [0.1, 0.15) is 47.8 Å². The lowest BCUT2D eigenvalue weighted by Gasteiger charge is -2.26. The normalized spacial score (nSPS) is 11.2. The quantitative estimate of drug-likeness (QED) is 0.166. The van der Waals surface area contributed by atoms with Crippen LogP contribution < -0.4 is 29.2 Å². The van der Waals surface area contributed by atoms with E-state index in [1.165, 1.54) is 0 Å². The summed E-state index contributed by atoms with van der Waals surface area (Å²) in [5, 5.41) is 5.86. The number of rotatable bonds is 10. The summed E-state index contributed by atoms with van der Waals surface area (Å²) in [4.78, 5) is 25.4. The summed E-state index contributed by atoms with van der Waals surface area (Å²) in [6.45, 7) is 4.37. The monoisotopic (exact) mass is 656 g/mol. The summed E-state index contributed by atoms with van der Waals surface area (Å²) < 4.78 is 19.3. The largest absolute Gasteiger partial charge is 0.457 e. The molecular weight excluding hydrogens is 616 g/mol. The highest BCUT2D eigenvalue weighted by molar-refractivity contribution is 6.01. The van der Waals surface area contributed by atoms with Crippen molar-refractivity contribution in [2.45, 2.75) is 19.3 Å². The van der Waals surface area contributed by atoms with Gasteiger partial charge in [-0.15, -0.1) is 0 Å². The van der Waals surface area contributed by atoms with Crippen molar-refractivity contribution in [3.63, 3.8) is 0 Å². The number of amides is 2. The number of nitrogens with one attached hydrogen (secondary N) is 2. The summed E-state index contributed by atoms with van der Waals surface area (Å²) in [5.41, 5.74) is 3.39. The van der Waals surface area contributed by atoms with E-state index < -0.39 is 0 Å². The van der Waals surface area contributed by atoms with Crippen LogP contribution in [0.15, 0.2) is 122 Å². The lowest BCUT2D eigenvalue weighted by atomic mass is 9.78. The maximum absolute atomic E-state index is 12.7. The van der Waals surface area contributed by atoms with Gasteiger partial charge >= 0.3 is 23.5 Å². The Morgan fingerprint density at radius 2 is 0.857 bits per heavy atom. The number of ether oxygens (including phenoxy) is 2. The third-order valence-electron chi connectivity index (χ3n) is 8.62. The summed E-state index contributed by atoms with van der Waals surface area (Å²) in [6, 6.07) is 30.8. The van der Waals surface area contributed by atoms with Crippen LogP contribution in [0.5, 0.6) is 23.0 Å². The van der Waals surface area contributed by atoms with Gasteiger partial charge in [0, 0.05) is 16.8 Å². The first kappa shape index (κ1) is 32.8. The van der Waals surface area contributed by atoms with Gasteiger partial charge in [-0.25, -0.2) is 18.3 Å². The molecule has 2 heterocycles. The van der Waals surface area contributed by atoms with Crippen LogP contribution in [0.1, 0.15) is 46.2 Å². The van der Waals surface area contributed by atoms with Crippen LogP contribution >= 0.6 is 0 Å². The van der Waals surface area contributed by atoms with Crippen LogP contribution in [0, 0.1) is 0 Å². The average molecular weight is 657 g/mol. The van der Waals surface area contributed by atoms with Crippen LogP contribution in [0.3, 0.4) is 0 Å². The first-order valence-electron chi connectivity index (χ1n) is 15.9. The fourth-order valence-corrected chi connectivity index (χ4v) is 5.73. The number of carbonyl (C=O) groups is 2. The highest BCUT2D eigenvalue weighted by Crippen LogP contribution is 2.35. The molecule has 0 aliphatic rings. The van der Waals surface area contributed by atoms with Crippen molar-refractivity contribution in [2.75, 3.05) is 10.6 Å². The van der Waals surface area contributed by atoms with Crippen molar-refractivity contribution in [2.24, 2.45) is 28.2 Å². The average Bonchev–Trinajstić information content (AvgIpc) is 3.61. The fourth-order valence-electron chi connectivity index (χ4n) is 5.73. The van der Waals surface area contributed by atoms with E-state index in [4.69, 9.17) is 9.47 Å². The van der Waals surface area contributed by atoms with Gasteiger partial charge in [-0.2, -0.15) is 0 Å². The van der Waals surface area contributed by atoms with E-state index in [9.17, 15) is 9.59 Å². The molecule has 2 aromatic heterocycles. The van der Waals surface area contributed by atoms with Gasteiger partial charge in [0.2, 0.25) is 0 Å². The number of aryl methyl sites for hydroxylation is 4. The predicted octanol–water partition coefficient (Wildman–Crippen LogP) is 6.43. The molecule has 4 aromatic carbocycles. The topological polar surface area (TPSA) is 94.3 Å². The Morgan fingerprint density at radius 1 is 0.551 bits per heavy atom. The van der Waals surface area contributed by atoms with Crippen LogP contribution in [-0.2, 0) is 33.6 Å². The van der Waals surface area contributed by atoms with Gasteiger partial charge in [-0.3, -0.25) is 9.59 Å². The Kier molecular flexibility index (Phi) is 9.04. The molecule has 0 unspecified atom stereocenters. The molecule has 6 aromatic rings. The van der Waals surface area contributed by atoms with Crippen molar-refractivity contribution in [1.82, 2.24) is 9.13 Å². The molecule has 248 valence electrons. The van der Waals surface area contributed by atoms with E-state index in [1.54, 1.807) is 18.3 Å². The molecule has 6 rings (SSSR count). The van der Waals surface area contributed by atoms with Crippen molar-refractivity contribution in [3.8, 4) is 23.0 Å². The van der Waals surface area contributed by atoms with E-state index in [-0.39, 0.29) is 17.2 Å². The van der Waals surface area contributed by atoms with Gasteiger partial charge in [-0.1, -0.05) is 38.1 Å². The standard InChI is InChI=1S/C39H38N6O4/c1-39(2,27-7-15-31(16-8-27)48-33-19-11-29(12-20-33)40-35(46)37-42(3)23-24-43(37)4)28-9-17-32(18-10-28)49-34-21-13-30(14-22-34)41-36(47)38-44(5)25-26-45(38)6/h7-26H,1-6H3/p+2. The lowest BCUT2D eigenvalue weighted by molar-refractivity contribution is -0.672. The van der Waals surface area contributed by atoms with Gasteiger partial charge < -0.3 is 20.1 Å². The number of nitrogens with zero attached hydrogens (tertiary/aromatic N) is 4. The van der Waals surface area contributed by atoms with Crippen molar-refractivity contribution >= 4 is 23.2 Å². The van der Waals surface area contributed by atoms with Crippen molar-refractivity contribution < 1.29 is 28.2 Å². The van der Waals surface area contributed by atoms with Gasteiger partial charge in [0.25, 0.3) is 0 Å². The molecule has 2 N–H and O–H groups in total. The zero-order valence-electron chi connectivity index (χ0n) is 28.5. The maximum Gasteiger partial charge on any atom is 0.347 e. The van der Waals surface area contributed by atoms with Crippen LogP contribution in [0.2, 0.25) is 0 Å². The van der Waals surface area contributed by atoms with E-state index in [0.717, 1.165) is 22.6 Å². The second kappa shape index (κ2) is 13.5. The van der Waals surface area contributed by atoms with E-state index in [0.29, 0.717) is 34.5 Å². The van der Waals surface area contributed by atoms with Gasteiger partial charge in [0.15, 0.2) is 0 Å². The number of hydrogen-bond acceptors (Lipinski definition) is 4. The Bertz CT molecular complexity index is 1900. The number of carbonyl (C=O) groups excluding carboxylic acids is 2. The van der Waals surface area contributed by atoms with Crippen molar-refractivity contribution in [1.29, 1.82) is 0 Å². The second-order valence-electron chi connectivity index (χ2n) is 12.5. The van der Waals surface area contributed by atoms with Crippen LogP contribution in [-0.4, -0.2) is 20.9 Å². The minimum atomic E-state index is -0.263. The molecule has 0 spiro atoms. The summed E-state index contributed by atoms with van der Waals surface area (Å²) in [5.74, 6) is 3.52. The zero-order chi connectivity index (χ0) is 34.7. The minimum Gasteiger partial charge on any atom is -0.457 e. The first-order chi connectivity index (χ1) is 23.5. The molecule has 2 amide bonds. The number of anilines is 2. The summed E-state index contributed by atoms with van der Waals surface area (Å²) >= 11 is 0. The Hall–Kier alpha value is -6.16. The minimum absolute atomic E-state index is 0.184. The molecule has 0 radical (unpaired) electrons. The SMILES string of the molecule is Cn1cc[n+](C)c1C(=O)Nc1ccc(Oc2ccc(C(C)(C)c3ccc(Oc4ccc(NC(=O)c5n(C)cc[n+]5C)cc4)cc3)cc2)cc1. The maximum atomic E-state index is 12.7. The third kappa shape index (κ3) is 7.23. The molecular formula is C39H40N6O4+2. The smallest absolute Gasteiger partial charge is 0.347 e. The van der Waals surface area contributed by atoms with Crippen molar-refractivity contribution in [3.05, 3.63) is 145 Å². The Morgan fingerprint density at radius 3 is 1.14 bits per heavy atom. The third-order valence-corrected chi connectivity index (χ3v) is 8.62. The Balaban J connectivity index is 1.04. The molecule has 0 bridgehead atoms.